The molecule has 2 aromatic carbocycles. The van der Waals surface area contributed by atoms with Crippen LogP contribution in [0.4, 0.5) is 14.6 Å². The SMILES string of the molecule is Cc1ccc(F)c(-c2cc(N)n(-c3ccccc3)n2)c1F. The zero-order valence-corrected chi connectivity index (χ0v) is 11.3. The second-order valence-electron chi connectivity index (χ2n) is 4.76. The van der Waals surface area contributed by atoms with E-state index in [0.29, 0.717) is 11.4 Å². The van der Waals surface area contributed by atoms with Gasteiger partial charge in [-0.2, -0.15) is 5.10 Å². The zero-order chi connectivity index (χ0) is 15.0. The third-order valence-electron chi connectivity index (χ3n) is 3.28. The summed E-state index contributed by atoms with van der Waals surface area (Å²) in [5.41, 5.74) is 7.02. The van der Waals surface area contributed by atoms with Crippen molar-refractivity contribution in [3.05, 3.63) is 65.7 Å². The molecule has 0 bridgehead atoms. The van der Waals surface area contributed by atoms with Gasteiger partial charge in [-0.25, -0.2) is 13.5 Å². The molecule has 0 atom stereocenters. The molecular formula is C16H13F2N3. The topological polar surface area (TPSA) is 43.8 Å². The molecule has 3 rings (SSSR count). The number of nitrogens with zero attached hydrogens (tertiary/aromatic N) is 2. The maximum atomic E-state index is 14.2. The standard InChI is InChI=1S/C16H13F2N3/c1-10-7-8-12(17)15(16(10)18)13-9-14(19)21(20-13)11-5-3-2-4-6-11/h2-9H,19H2,1H3. The molecule has 0 aliphatic rings. The number of benzene rings is 2. The molecule has 1 heterocycles. The van der Waals surface area contributed by atoms with Crippen LogP contribution in [0, 0.1) is 18.6 Å². The van der Waals surface area contributed by atoms with Crippen LogP contribution in [0.25, 0.3) is 16.9 Å². The number of anilines is 1. The summed E-state index contributed by atoms with van der Waals surface area (Å²) < 4.78 is 29.5. The fraction of sp³-hybridized carbons (Fsp3) is 0.0625. The van der Waals surface area contributed by atoms with Crippen LogP contribution >= 0.6 is 0 Å². The van der Waals surface area contributed by atoms with Crippen LogP contribution in [-0.2, 0) is 0 Å². The molecule has 2 N–H and O–H groups in total. The number of nitrogen functional groups attached to an aromatic ring is 1. The van der Waals surface area contributed by atoms with Crippen molar-refractivity contribution in [3.63, 3.8) is 0 Å². The van der Waals surface area contributed by atoms with Gasteiger partial charge in [0.05, 0.1) is 11.3 Å². The Kier molecular flexibility index (Phi) is 3.17. The Morgan fingerprint density at radius 3 is 2.48 bits per heavy atom. The van der Waals surface area contributed by atoms with E-state index in [1.165, 1.54) is 22.9 Å². The minimum atomic E-state index is -0.657. The molecule has 5 heteroatoms. The highest BCUT2D eigenvalue weighted by Crippen LogP contribution is 2.29. The summed E-state index contributed by atoms with van der Waals surface area (Å²) in [7, 11) is 0. The smallest absolute Gasteiger partial charge is 0.138 e. The molecule has 0 spiro atoms. The monoisotopic (exact) mass is 285 g/mol. The van der Waals surface area contributed by atoms with Gasteiger partial charge in [0.2, 0.25) is 0 Å². The van der Waals surface area contributed by atoms with E-state index >= 15 is 0 Å². The van der Waals surface area contributed by atoms with Crippen molar-refractivity contribution in [2.75, 3.05) is 5.73 Å². The molecule has 3 aromatic rings. The Morgan fingerprint density at radius 2 is 1.76 bits per heavy atom. The number of aryl methyl sites for hydroxylation is 1. The molecule has 0 fully saturated rings. The maximum absolute atomic E-state index is 14.2. The molecule has 1 aromatic heterocycles. The van der Waals surface area contributed by atoms with Gasteiger partial charge in [0, 0.05) is 6.07 Å². The lowest BCUT2D eigenvalue weighted by atomic mass is 10.1. The van der Waals surface area contributed by atoms with Gasteiger partial charge in [0.1, 0.15) is 23.1 Å². The molecule has 0 unspecified atom stereocenters. The van der Waals surface area contributed by atoms with Crippen molar-refractivity contribution in [1.82, 2.24) is 9.78 Å². The second-order valence-corrected chi connectivity index (χ2v) is 4.76. The zero-order valence-electron chi connectivity index (χ0n) is 11.3. The van der Waals surface area contributed by atoms with E-state index in [9.17, 15) is 8.78 Å². The molecule has 0 aliphatic carbocycles. The second kappa shape index (κ2) is 5.01. The molecule has 0 amide bonds. The number of nitrogens with two attached hydrogens (primary N) is 1. The van der Waals surface area contributed by atoms with Crippen molar-refractivity contribution < 1.29 is 8.78 Å². The largest absolute Gasteiger partial charge is 0.384 e. The molecule has 0 aliphatic heterocycles. The summed E-state index contributed by atoms with van der Waals surface area (Å²) in [5.74, 6) is -0.958. The highest BCUT2D eigenvalue weighted by molar-refractivity contribution is 5.65. The third-order valence-corrected chi connectivity index (χ3v) is 3.28. The first kappa shape index (κ1) is 13.3. The molecule has 0 saturated carbocycles. The van der Waals surface area contributed by atoms with Crippen molar-refractivity contribution in [3.8, 4) is 16.9 Å². The Hall–Kier alpha value is -2.69. The highest BCUT2D eigenvalue weighted by Gasteiger charge is 2.18. The van der Waals surface area contributed by atoms with Gasteiger partial charge in [-0.05, 0) is 30.7 Å². The van der Waals surface area contributed by atoms with Crippen molar-refractivity contribution in [2.24, 2.45) is 0 Å². The minimum absolute atomic E-state index is 0.156. The molecule has 0 radical (unpaired) electrons. The van der Waals surface area contributed by atoms with E-state index in [4.69, 9.17) is 5.73 Å². The van der Waals surface area contributed by atoms with Crippen molar-refractivity contribution in [1.29, 1.82) is 0 Å². The quantitative estimate of drug-likeness (QED) is 0.780. The van der Waals surface area contributed by atoms with Crippen LogP contribution < -0.4 is 5.73 Å². The van der Waals surface area contributed by atoms with Gasteiger partial charge in [0.25, 0.3) is 0 Å². The summed E-state index contributed by atoms with van der Waals surface area (Å²) in [6, 6.07) is 13.3. The Morgan fingerprint density at radius 1 is 1.05 bits per heavy atom. The van der Waals surface area contributed by atoms with Crippen LogP contribution in [0.3, 0.4) is 0 Å². The van der Waals surface area contributed by atoms with E-state index in [2.05, 4.69) is 5.10 Å². The fourth-order valence-electron chi connectivity index (χ4n) is 2.19. The summed E-state index contributed by atoms with van der Waals surface area (Å²) in [4.78, 5) is 0. The van der Waals surface area contributed by atoms with E-state index in [1.807, 2.05) is 30.3 Å². The maximum Gasteiger partial charge on any atom is 0.138 e. The number of halogens is 2. The molecule has 106 valence electrons. The van der Waals surface area contributed by atoms with E-state index in [1.54, 1.807) is 6.92 Å². The van der Waals surface area contributed by atoms with Gasteiger partial charge in [-0.15, -0.1) is 0 Å². The fourth-order valence-corrected chi connectivity index (χ4v) is 2.19. The summed E-state index contributed by atoms with van der Waals surface area (Å²) in [6.07, 6.45) is 0. The minimum Gasteiger partial charge on any atom is -0.384 e. The summed E-state index contributed by atoms with van der Waals surface area (Å²) >= 11 is 0. The number of para-hydroxylation sites is 1. The van der Waals surface area contributed by atoms with Crippen LogP contribution in [0.1, 0.15) is 5.56 Å². The Labute approximate surface area is 120 Å². The average Bonchev–Trinajstić information content (AvgIpc) is 2.86. The Balaban J connectivity index is 2.17. The van der Waals surface area contributed by atoms with Crippen LogP contribution in [0.5, 0.6) is 0 Å². The van der Waals surface area contributed by atoms with Gasteiger partial charge >= 0.3 is 0 Å². The average molecular weight is 285 g/mol. The molecule has 0 saturated heterocycles. The van der Waals surface area contributed by atoms with E-state index in [-0.39, 0.29) is 11.3 Å². The first-order chi connectivity index (χ1) is 10.1. The van der Waals surface area contributed by atoms with Crippen LogP contribution in [0.15, 0.2) is 48.5 Å². The lowest BCUT2D eigenvalue weighted by Gasteiger charge is -2.05. The summed E-state index contributed by atoms with van der Waals surface area (Å²) in [6.45, 7) is 1.58. The predicted molar refractivity (Wildman–Crippen MR) is 78.1 cm³/mol. The van der Waals surface area contributed by atoms with Crippen molar-refractivity contribution in [2.45, 2.75) is 6.92 Å². The van der Waals surface area contributed by atoms with Gasteiger partial charge < -0.3 is 5.73 Å². The number of hydrogen-bond donors (Lipinski definition) is 1. The lowest BCUT2D eigenvalue weighted by Crippen LogP contribution is -2.01. The van der Waals surface area contributed by atoms with Crippen LogP contribution in [0.2, 0.25) is 0 Å². The number of hydrogen-bond acceptors (Lipinski definition) is 2. The van der Waals surface area contributed by atoms with Gasteiger partial charge in [-0.3, -0.25) is 0 Å². The summed E-state index contributed by atoms with van der Waals surface area (Å²) in [5, 5.41) is 4.22. The van der Waals surface area contributed by atoms with Crippen LogP contribution in [-0.4, -0.2) is 9.78 Å². The highest BCUT2D eigenvalue weighted by atomic mass is 19.1. The molecular weight excluding hydrogens is 272 g/mol. The number of aromatic nitrogens is 2. The normalized spacial score (nSPS) is 10.8. The van der Waals surface area contributed by atoms with E-state index < -0.39 is 11.6 Å². The third kappa shape index (κ3) is 2.27. The van der Waals surface area contributed by atoms with Gasteiger partial charge in [-0.1, -0.05) is 24.3 Å². The lowest BCUT2D eigenvalue weighted by molar-refractivity contribution is 0.582. The van der Waals surface area contributed by atoms with Crippen molar-refractivity contribution >= 4 is 5.82 Å². The van der Waals surface area contributed by atoms with Gasteiger partial charge in [0.15, 0.2) is 0 Å². The molecule has 21 heavy (non-hydrogen) atoms. The molecule has 3 nitrogen and oxygen atoms in total. The first-order valence-electron chi connectivity index (χ1n) is 6.44. The van der Waals surface area contributed by atoms with E-state index in [0.717, 1.165) is 5.69 Å². The predicted octanol–water partition coefficient (Wildman–Crippen LogP) is 3.71. The first-order valence-corrected chi connectivity index (χ1v) is 6.44. The number of rotatable bonds is 2. The Bertz CT molecular complexity index is 795.